The van der Waals surface area contributed by atoms with E-state index in [1.54, 1.807) is 0 Å². The van der Waals surface area contributed by atoms with Crippen LogP contribution in [0, 0.1) is 0 Å². The lowest BCUT2D eigenvalue weighted by molar-refractivity contribution is -0.143. The van der Waals surface area contributed by atoms with Crippen LogP contribution >= 0.6 is 24.8 Å². The van der Waals surface area contributed by atoms with Gasteiger partial charge in [0, 0.05) is 18.6 Å². The van der Waals surface area contributed by atoms with Crippen molar-refractivity contribution in [3.8, 4) is 0 Å². The molecule has 2 nitrogen and oxygen atoms in total. The van der Waals surface area contributed by atoms with E-state index >= 15 is 0 Å². The molecule has 2 aromatic carbocycles. The Balaban J connectivity index is 0.00000210. The quantitative estimate of drug-likeness (QED) is 0.566. The lowest BCUT2D eigenvalue weighted by Crippen LogP contribution is -2.34. The van der Waals surface area contributed by atoms with E-state index in [1.807, 2.05) is 30.3 Å². The zero-order chi connectivity index (χ0) is 19.7. The maximum absolute atomic E-state index is 13.0. The van der Waals surface area contributed by atoms with E-state index in [-0.39, 0.29) is 55.1 Å². The van der Waals surface area contributed by atoms with E-state index in [0.29, 0.717) is 6.54 Å². The molecule has 3 rings (SSSR count). The van der Waals surface area contributed by atoms with Crippen LogP contribution in [0.4, 0.5) is 26.3 Å². The van der Waals surface area contributed by atoms with E-state index in [0.717, 1.165) is 24.1 Å². The van der Waals surface area contributed by atoms with Gasteiger partial charge in [0.25, 0.3) is 0 Å². The Morgan fingerprint density at radius 2 is 1.41 bits per heavy atom. The average molecular weight is 461 g/mol. The van der Waals surface area contributed by atoms with Gasteiger partial charge >= 0.3 is 12.4 Å². The second kappa shape index (κ2) is 10.0. The van der Waals surface area contributed by atoms with E-state index in [9.17, 15) is 26.3 Å². The number of halogens is 8. The number of rotatable bonds is 4. The van der Waals surface area contributed by atoms with Crippen LogP contribution in [0.3, 0.4) is 0 Å². The number of hydrogen-bond donors (Lipinski definition) is 2. The van der Waals surface area contributed by atoms with Crippen molar-refractivity contribution in [3.05, 3.63) is 70.8 Å². The molecule has 2 N–H and O–H groups in total. The summed E-state index contributed by atoms with van der Waals surface area (Å²) < 4.78 is 77.8. The van der Waals surface area contributed by atoms with Gasteiger partial charge in [-0.1, -0.05) is 30.3 Å². The van der Waals surface area contributed by atoms with Crippen molar-refractivity contribution in [2.24, 2.45) is 0 Å². The molecule has 1 aliphatic rings. The second-order valence-electron chi connectivity index (χ2n) is 6.53. The Kier molecular flexibility index (Phi) is 8.83. The van der Waals surface area contributed by atoms with Gasteiger partial charge in [0.1, 0.15) is 0 Å². The summed E-state index contributed by atoms with van der Waals surface area (Å²) in [6.07, 6.45) is -8.94. The van der Waals surface area contributed by atoms with Crippen molar-refractivity contribution < 1.29 is 26.3 Å². The molecule has 29 heavy (non-hydrogen) atoms. The fourth-order valence-electron chi connectivity index (χ4n) is 3.30. The lowest BCUT2D eigenvalue weighted by Gasteiger charge is -2.22. The van der Waals surface area contributed by atoms with Crippen LogP contribution in [-0.4, -0.2) is 12.6 Å². The molecule has 0 unspecified atom stereocenters. The normalized spacial score (nSPS) is 19.4. The Hall–Kier alpha value is -1.48. The minimum Gasteiger partial charge on any atom is -0.309 e. The summed E-state index contributed by atoms with van der Waals surface area (Å²) in [4.78, 5) is 0. The monoisotopic (exact) mass is 460 g/mol. The third-order valence-electron chi connectivity index (χ3n) is 4.60. The molecule has 0 spiro atoms. The van der Waals surface area contributed by atoms with Gasteiger partial charge in [-0.3, -0.25) is 0 Å². The number of nitrogens with one attached hydrogen (secondary N) is 2. The van der Waals surface area contributed by atoms with Gasteiger partial charge < -0.3 is 10.6 Å². The molecule has 0 bridgehead atoms. The highest BCUT2D eigenvalue weighted by molar-refractivity contribution is 5.85. The van der Waals surface area contributed by atoms with Gasteiger partial charge in [-0.2, -0.15) is 26.3 Å². The summed E-state index contributed by atoms with van der Waals surface area (Å²) in [5.74, 6) is 0. The maximum atomic E-state index is 13.0. The summed E-state index contributed by atoms with van der Waals surface area (Å²) in [6, 6.07) is 11.1. The first kappa shape index (κ1) is 25.6. The first-order valence-electron chi connectivity index (χ1n) is 8.44. The van der Waals surface area contributed by atoms with Gasteiger partial charge in [-0.25, -0.2) is 0 Å². The predicted molar refractivity (Wildman–Crippen MR) is 103 cm³/mol. The van der Waals surface area contributed by atoms with Crippen molar-refractivity contribution in [2.45, 2.75) is 37.4 Å². The van der Waals surface area contributed by atoms with Gasteiger partial charge in [0.2, 0.25) is 0 Å². The molecule has 0 aliphatic carbocycles. The maximum Gasteiger partial charge on any atom is 0.416 e. The first-order chi connectivity index (χ1) is 12.6. The fourth-order valence-corrected chi connectivity index (χ4v) is 3.30. The third-order valence-corrected chi connectivity index (χ3v) is 4.60. The van der Waals surface area contributed by atoms with E-state index in [2.05, 4.69) is 10.6 Å². The summed E-state index contributed by atoms with van der Waals surface area (Å²) in [5, 5.41) is 6.41. The molecule has 0 saturated carbocycles. The molecule has 1 aliphatic heterocycles. The van der Waals surface area contributed by atoms with E-state index in [4.69, 9.17) is 0 Å². The van der Waals surface area contributed by atoms with Crippen molar-refractivity contribution in [1.82, 2.24) is 10.6 Å². The van der Waals surface area contributed by atoms with Crippen LogP contribution in [0.25, 0.3) is 0 Å². The Morgan fingerprint density at radius 1 is 0.862 bits per heavy atom. The summed E-state index contributed by atoms with van der Waals surface area (Å²) in [5.41, 5.74) is -1.61. The summed E-state index contributed by atoms with van der Waals surface area (Å²) in [7, 11) is 0. The Labute approximate surface area is 176 Å². The highest BCUT2D eigenvalue weighted by Crippen LogP contribution is 2.36. The molecule has 2 aromatic rings. The molecule has 10 heteroatoms. The van der Waals surface area contributed by atoms with Crippen molar-refractivity contribution in [1.29, 1.82) is 0 Å². The van der Waals surface area contributed by atoms with Crippen molar-refractivity contribution in [2.75, 3.05) is 6.54 Å². The van der Waals surface area contributed by atoms with E-state index < -0.39 is 23.5 Å². The van der Waals surface area contributed by atoms with Gasteiger partial charge in [-0.05, 0) is 42.3 Å². The summed E-state index contributed by atoms with van der Waals surface area (Å²) in [6.45, 7) is 0.635. The minimum atomic E-state index is -4.84. The van der Waals surface area contributed by atoms with Crippen LogP contribution in [-0.2, 0) is 18.9 Å². The van der Waals surface area contributed by atoms with Gasteiger partial charge in [0.05, 0.1) is 11.1 Å². The average Bonchev–Trinajstić information content (AvgIpc) is 3.07. The topological polar surface area (TPSA) is 24.1 Å². The molecule has 0 aromatic heterocycles. The minimum absolute atomic E-state index is 0. The molecule has 0 amide bonds. The number of alkyl halides is 6. The molecule has 0 radical (unpaired) electrons. The van der Waals surface area contributed by atoms with Crippen LogP contribution < -0.4 is 10.6 Å². The smallest absolute Gasteiger partial charge is 0.309 e. The molecule has 2 atom stereocenters. The molecule has 162 valence electrons. The number of benzene rings is 2. The van der Waals surface area contributed by atoms with Crippen LogP contribution in [0.15, 0.2) is 48.5 Å². The largest absolute Gasteiger partial charge is 0.416 e. The summed E-state index contributed by atoms with van der Waals surface area (Å²) >= 11 is 0. The van der Waals surface area contributed by atoms with Crippen molar-refractivity contribution in [3.63, 3.8) is 0 Å². The zero-order valence-electron chi connectivity index (χ0n) is 15.0. The molecular formula is C19H20Cl2F6N2. The lowest BCUT2D eigenvalue weighted by atomic mass is 10.00. The molecule has 1 saturated heterocycles. The highest BCUT2D eigenvalue weighted by atomic mass is 35.5. The first-order valence-corrected chi connectivity index (χ1v) is 8.44. The standard InChI is InChI=1S/C19H18F6N2.2ClH/c20-18(21,22)14-8-12(9-15(10-14)19(23,24)25)11-27-16-6-7-26-17(16)13-4-2-1-3-5-13;;/h1-5,8-10,16-17,26-27H,6-7,11H2;2*1H/t16-,17-;;/m0../s1. The SMILES string of the molecule is Cl.Cl.FC(F)(F)c1cc(CN[C@H]2CCN[C@H]2c2ccccc2)cc(C(F)(F)F)c1. The molecule has 1 fully saturated rings. The second-order valence-corrected chi connectivity index (χ2v) is 6.53. The third kappa shape index (κ3) is 6.50. The highest BCUT2D eigenvalue weighted by Gasteiger charge is 2.37. The predicted octanol–water partition coefficient (Wildman–Crippen LogP) is 5.76. The van der Waals surface area contributed by atoms with E-state index in [1.165, 1.54) is 0 Å². The fraction of sp³-hybridized carbons (Fsp3) is 0.368. The zero-order valence-corrected chi connectivity index (χ0v) is 16.6. The van der Waals surface area contributed by atoms with Crippen LogP contribution in [0.1, 0.15) is 34.7 Å². The van der Waals surface area contributed by atoms with Crippen LogP contribution in [0.5, 0.6) is 0 Å². The molecular weight excluding hydrogens is 441 g/mol. The van der Waals surface area contributed by atoms with Crippen LogP contribution in [0.2, 0.25) is 0 Å². The number of hydrogen-bond acceptors (Lipinski definition) is 2. The Bertz CT molecular complexity index is 748. The van der Waals surface area contributed by atoms with Gasteiger partial charge in [-0.15, -0.1) is 24.8 Å². The Morgan fingerprint density at radius 3 is 1.93 bits per heavy atom. The van der Waals surface area contributed by atoms with Crippen molar-refractivity contribution >= 4 is 24.8 Å². The van der Waals surface area contributed by atoms with Gasteiger partial charge in [0.15, 0.2) is 0 Å². The molecule has 1 heterocycles.